The summed E-state index contributed by atoms with van der Waals surface area (Å²) >= 11 is 5.94. The first-order chi connectivity index (χ1) is 11.1. The molecule has 10 heteroatoms. The van der Waals surface area contributed by atoms with Crippen LogP contribution in [0.15, 0.2) is 23.1 Å². The van der Waals surface area contributed by atoms with Crippen molar-refractivity contribution in [2.24, 2.45) is 0 Å². The molecule has 1 fully saturated rings. The van der Waals surface area contributed by atoms with Gasteiger partial charge < -0.3 is 4.90 Å². The van der Waals surface area contributed by atoms with Crippen molar-refractivity contribution in [3.05, 3.63) is 28.8 Å². The number of hydrogen-bond acceptors (Lipinski definition) is 5. The van der Waals surface area contributed by atoms with Gasteiger partial charge in [-0.15, -0.1) is 0 Å². The number of likely N-dealkylation sites (N-methyl/N-ethyl adjacent to an activating group) is 1. The van der Waals surface area contributed by atoms with E-state index < -0.39 is 20.0 Å². The molecule has 1 N–H and O–H groups in total. The van der Waals surface area contributed by atoms with E-state index in [0.29, 0.717) is 31.2 Å². The molecule has 0 bridgehead atoms. The van der Waals surface area contributed by atoms with Crippen molar-refractivity contribution in [1.29, 1.82) is 0 Å². The van der Waals surface area contributed by atoms with E-state index in [4.69, 9.17) is 11.6 Å². The third kappa shape index (κ3) is 4.90. The molecule has 1 aliphatic heterocycles. The Morgan fingerprint density at radius 1 is 1.12 bits per heavy atom. The van der Waals surface area contributed by atoms with Gasteiger partial charge in [0.25, 0.3) is 0 Å². The second-order valence-corrected chi connectivity index (χ2v) is 10.1. The minimum absolute atomic E-state index is 0.0232. The molecule has 1 saturated heterocycles. The Hall–Kier alpha value is -0.710. The van der Waals surface area contributed by atoms with Crippen LogP contribution < -0.4 is 4.72 Å². The number of aryl methyl sites for hydroxylation is 1. The van der Waals surface area contributed by atoms with Crippen LogP contribution in [-0.2, 0) is 20.0 Å². The average Bonchev–Trinajstić information content (AvgIpc) is 2.50. The molecule has 0 unspecified atom stereocenters. The summed E-state index contributed by atoms with van der Waals surface area (Å²) in [4.78, 5) is 2.07. The van der Waals surface area contributed by atoms with E-state index in [-0.39, 0.29) is 17.2 Å². The minimum Gasteiger partial charge on any atom is -0.304 e. The molecule has 0 amide bonds. The standard InChI is InChI=1S/C14H22ClN3O4S2/c1-12-3-4-13(11-14(12)15)24(21,22)16-5-10-23(19,20)18-8-6-17(2)7-9-18/h3-4,11,16H,5-10H2,1-2H3. The highest BCUT2D eigenvalue weighted by atomic mass is 35.5. The Labute approximate surface area is 148 Å². The van der Waals surface area contributed by atoms with Crippen LogP contribution in [0, 0.1) is 6.92 Å². The van der Waals surface area contributed by atoms with Gasteiger partial charge in [-0.2, -0.15) is 4.31 Å². The number of hydrogen-bond donors (Lipinski definition) is 1. The Balaban J connectivity index is 1.96. The topological polar surface area (TPSA) is 86.8 Å². The maximum Gasteiger partial charge on any atom is 0.240 e. The summed E-state index contributed by atoms with van der Waals surface area (Å²) in [5, 5.41) is 0.350. The lowest BCUT2D eigenvalue weighted by atomic mass is 10.2. The van der Waals surface area contributed by atoms with Crippen LogP contribution in [0.1, 0.15) is 5.56 Å². The van der Waals surface area contributed by atoms with Crippen molar-refractivity contribution in [3.8, 4) is 0 Å². The number of rotatable bonds is 6. The number of piperazine rings is 1. The molecule has 24 heavy (non-hydrogen) atoms. The van der Waals surface area contributed by atoms with Gasteiger partial charge in [-0.3, -0.25) is 0 Å². The van der Waals surface area contributed by atoms with Gasteiger partial charge in [0, 0.05) is 37.7 Å². The molecule has 1 heterocycles. The van der Waals surface area contributed by atoms with Gasteiger partial charge in [-0.25, -0.2) is 21.6 Å². The van der Waals surface area contributed by atoms with Crippen molar-refractivity contribution in [3.63, 3.8) is 0 Å². The van der Waals surface area contributed by atoms with E-state index in [0.717, 1.165) is 5.56 Å². The van der Waals surface area contributed by atoms with Crippen LogP contribution in [0.5, 0.6) is 0 Å². The third-order valence-corrected chi connectivity index (χ3v) is 7.70. The Kier molecular flexibility index (Phi) is 6.27. The van der Waals surface area contributed by atoms with Gasteiger partial charge >= 0.3 is 0 Å². The first kappa shape index (κ1) is 19.6. The van der Waals surface area contributed by atoms with Gasteiger partial charge in [-0.05, 0) is 31.7 Å². The number of nitrogens with zero attached hydrogens (tertiary/aromatic N) is 2. The van der Waals surface area contributed by atoms with Crippen LogP contribution in [0.25, 0.3) is 0 Å². The van der Waals surface area contributed by atoms with Crippen LogP contribution >= 0.6 is 11.6 Å². The molecule has 2 rings (SSSR count). The van der Waals surface area contributed by atoms with Crippen molar-refractivity contribution in [2.45, 2.75) is 11.8 Å². The largest absolute Gasteiger partial charge is 0.304 e. The Morgan fingerprint density at radius 3 is 2.33 bits per heavy atom. The zero-order chi connectivity index (χ0) is 18.0. The summed E-state index contributed by atoms with van der Waals surface area (Å²) < 4.78 is 52.7. The quantitative estimate of drug-likeness (QED) is 0.758. The minimum atomic E-state index is -3.79. The SMILES string of the molecule is Cc1ccc(S(=O)(=O)NCCS(=O)(=O)N2CCN(C)CC2)cc1Cl. The van der Waals surface area contributed by atoms with Crippen LogP contribution in [0.3, 0.4) is 0 Å². The zero-order valence-electron chi connectivity index (χ0n) is 13.7. The molecular weight excluding hydrogens is 374 g/mol. The maximum absolute atomic E-state index is 12.3. The van der Waals surface area contributed by atoms with E-state index in [1.165, 1.54) is 16.4 Å². The van der Waals surface area contributed by atoms with Crippen LogP contribution in [-0.4, -0.2) is 71.6 Å². The normalized spacial score (nSPS) is 18.0. The molecule has 0 aliphatic carbocycles. The van der Waals surface area contributed by atoms with Gasteiger partial charge in [0.15, 0.2) is 0 Å². The van der Waals surface area contributed by atoms with Gasteiger partial charge in [-0.1, -0.05) is 17.7 Å². The lowest BCUT2D eigenvalue weighted by Crippen LogP contribution is -2.48. The highest BCUT2D eigenvalue weighted by Crippen LogP contribution is 2.19. The molecule has 0 aromatic heterocycles. The summed E-state index contributed by atoms with van der Waals surface area (Å²) in [5.41, 5.74) is 0.772. The van der Waals surface area contributed by atoms with Crippen LogP contribution in [0.2, 0.25) is 5.02 Å². The van der Waals surface area contributed by atoms with E-state index in [9.17, 15) is 16.8 Å². The van der Waals surface area contributed by atoms with E-state index in [2.05, 4.69) is 9.62 Å². The number of halogens is 1. The van der Waals surface area contributed by atoms with Crippen molar-refractivity contribution >= 4 is 31.6 Å². The zero-order valence-corrected chi connectivity index (χ0v) is 16.1. The summed E-state index contributed by atoms with van der Waals surface area (Å²) in [5.74, 6) is -0.268. The monoisotopic (exact) mass is 395 g/mol. The van der Waals surface area contributed by atoms with Gasteiger partial charge in [0.1, 0.15) is 0 Å². The van der Waals surface area contributed by atoms with E-state index in [1.54, 1.807) is 13.0 Å². The molecule has 7 nitrogen and oxygen atoms in total. The lowest BCUT2D eigenvalue weighted by molar-refractivity contribution is 0.222. The second-order valence-electron chi connectivity index (χ2n) is 5.83. The Morgan fingerprint density at radius 2 is 1.75 bits per heavy atom. The molecule has 1 aliphatic rings. The van der Waals surface area contributed by atoms with Crippen molar-refractivity contribution in [2.75, 3.05) is 45.5 Å². The molecule has 136 valence electrons. The summed E-state index contributed by atoms with van der Waals surface area (Å²) in [6.45, 7) is 3.80. The highest BCUT2D eigenvalue weighted by Gasteiger charge is 2.26. The summed E-state index contributed by atoms with van der Waals surface area (Å²) in [6, 6.07) is 4.41. The third-order valence-electron chi connectivity index (χ3n) is 3.96. The molecule has 0 atom stereocenters. The average molecular weight is 396 g/mol. The summed E-state index contributed by atoms with van der Waals surface area (Å²) in [7, 11) is -5.32. The second kappa shape index (κ2) is 7.67. The van der Waals surface area contributed by atoms with Gasteiger partial charge in [0.05, 0.1) is 10.6 Å². The first-order valence-corrected chi connectivity index (χ1v) is 11.0. The van der Waals surface area contributed by atoms with Crippen LogP contribution in [0.4, 0.5) is 0 Å². The molecule has 1 aromatic rings. The fraction of sp³-hybridized carbons (Fsp3) is 0.571. The number of sulfonamides is 2. The Bertz CT molecular complexity index is 788. The molecule has 0 radical (unpaired) electrons. The predicted octanol–water partition coefficient (Wildman–Crippen LogP) is 0.504. The molecule has 0 saturated carbocycles. The number of nitrogens with one attached hydrogen (secondary N) is 1. The summed E-state index contributed by atoms with van der Waals surface area (Å²) in [6.07, 6.45) is 0. The maximum atomic E-state index is 12.3. The predicted molar refractivity (Wildman–Crippen MR) is 94.2 cm³/mol. The van der Waals surface area contributed by atoms with Crippen molar-refractivity contribution in [1.82, 2.24) is 13.9 Å². The first-order valence-electron chi connectivity index (χ1n) is 7.54. The van der Waals surface area contributed by atoms with Crippen molar-refractivity contribution < 1.29 is 16.8 Å². The fourth-order valence-corrected chi connectivity index (χ4v) is 5.09. The molecule has 1 aromatic carbocycles. The van der Waals surface area contributed by atoms with E-state index >= 15 is 0 Å². The molecular formula is C14H22ClN3O4S2. The lowest BCUT2D eigenvalue weighted by Gasteiger charge is -2.31. The fourth-order valence-electron chi connectivity index (χ4n) is 2.32. The van der Waals surface area contributed by atoms with Gasteiger partial charge in [0.2, 0.25) is 20.0 Å². The highest BCUT2D eigenvalue weighted by molar-refractivity contribution is 7.90. The molecule has 0 spiro atoms. The van der Waals surface area contributed by atoms with E-state index in [1.807, 2.05) is 7.05 Å². The number of benzene rings is 1. The smallest absolute Gasteiger partial charge is 0.240 e.